The molecule has 0 aliphatic rings. The standard InChI is InChI=1S/C15H10F3N5/c16-15(17,18)9-5-1-2-6-10(9)19-13-21-14-20-11-7-3-4-8-12(11)23(14)22-13/h1-8H,(H2,19,20,21,22). The minimum absolute atomic E-state index is 0.0682. The molecule has 2 aromatic heterocycles. The van der Waals surface area contributed by atoms with Gasteiger partial charge in [-0.3, -0.25) is 5.10 Å². The summed E-state index contributed by atoms with van der Waals surface area (Å²) in [5.74, 6) is 0.577. The van der Waals surface area contributed by atoms with Gasteiger partial charge in [-0.05, 0) is 24.3 Å². The van der Waals surface area contributed by atoms with Crippen LogP contribution in [0.3, 0.4) is 0 Å². The van der Waals surface area contributed by atoms with E-state index in [9.17, 15) is 13.2 Å². The van der Waals surface area contributed by atoms with Gasteiger partial charge in [-0.1, -0.05) is 24.3 Å². The normalized spacial score (nSPS) is 12.1. The topological polar surface area (TPSA) is 58.0 Å². The van der Waals surface area contributed by atoms with Crippen LogP contribution < -0.4 is 5.32 Å². The van der Waals surface area contributed by atoms with Gasteiger partial charge in [0.1, 0.15) is 0 Å². The van der Waals surface area contributed by atoms with E-state index >= 15 is 0 Å². The molecule has 5 nitrogen and oxygen atoms in total. The highest BCUT2D eigenvalue weighted by molar-refractivity contribution is 5.79. The molecular weight excluding hydrogens is 307 g/mol. The van der Waals surface area contributed by atoms with Gasteiger partial charge in [0.05, 0.1) is 22.3 Å². The number of hydrogen-bond acceptors (Lipinski definition) is 3. The third-order valence-electron chi connectivity index (χ3n) is 3.46. The van der Waals surface area contributed by atoms with Crippen LogP contribution in [-0.2, 0) is 6.18 Å². The molecule has 0 saturated heterocycles. The fourth-order valence-corrected chi connectivity index (χ4v) is 2.45. The van der Waals surface area contributed by atoms with E-state index in [0.717, 1.165) is 17.1 Å². The van der Waals surface area contributed by atoms with Gasteiger partial charge in [-0.25, -0.2) is 9.50 Å². The molecule has 4 rings (SSSR count). The minimum Gasteiger partial charge on any atom is -0.324 e. The Labute approximate surface area is 127 Å². The average Bonchev–Trinajstić information content (AvgIpc) is 3.04. The zero-order valence-corrected chi connectivity index (χ0v) is 11.6. The van der Waals surface area contributed by atoms with Crippen LogP contribution in [0.2, 0.25) is 0 Å². The van der Waals surface area contributed by atoms with E-state index in [1.807, 2.05) is 24.3 Å². The molecule has 8 heteroatoms. The van der Waals surface area contributed by atoms with Crippen LogP contribution >= 0.6 is 0 Å². The Morgan fingerprint density at radius 2 is 1.70 bits per heavy atom. The number of aromatic nitrogens is 4. The highest BCUT2D eigenvalue weighted by Crippen LogP contribution is 2.35. The molecule has 0 aliphatic carbocycles. The zero-order valence-electron chi connectivity index (χ0n) is 11.6. The lowest BCUT2D eigenvalue weighted by Crippen LogP contribution is -2.09. The summed E-state index contributed by atoms with van der Waals surface area (Å²) in [4.78, 5) is 8.49. The van der Waals surface area contributed by atoms with Crippen molar-refractivity contribution in [1.29, 1.82) is 0 Å². The van der Waals surface area contributed by atoms with E-state index in [1.54, 1.807) is 4.52 Å². The molecule has 2 aromatic carbocycles. The molecule has 0 radical (unpaired) electrons. The molecule has 0 atom stereocenters. The quantitative estimate of drug-likeness (QED) is 0.588. The van der Waals surface area contributed by atoms with Crippen molar-refractivity contribution in [1.82, 2.24) is 19.6 Å². The maximum absolute atomic E-state index is 13.0. The van der Waals surface area contributed by atoms with Gasteiger partial charge in [0.15, 0.2) is 0 Å². The van der Waals surface area contributed by atoms with E-state index < -0.39 is 11.7 Å². The van der Waals surface area contributed by atoms with Gasteiger partial charge in [-0.2, -0.15) is 18.2 Å². The summed E-state index contributed by atoms with van der Waals surface area (Å²) in [6, 6.07) is 12.6. The molecule has 0 saturated carbocycles. The van der Waals surface area contributed by atoms with Crippen LogP contribution in [0, 0.1) is 0 Å². The molecule has 0 unspecified atom stereocenters. The molecule has 0 amide bonds. The van der Waals surface area contributed by atoms with Crippen LogP contribution in [0.25, 0.3) is 16.8 Å². The highest BCUT2D eigenvalue weighted by Gasteiger charge is 2.33. The number of H-pyrrole nitrogens is 1. The number of imidazole rings is 1. The minimum atomic E-state index is -4.44. The van der Waals surface area contributed by atoms with Crippen LogP contribution in [0.1, 0.15) is 5.56 Å². The van der Waals surface area contributed by atoms with Gasteiger partial charge < -0.3 is 5.32 Å². The lowest BCUT2D eigenvalue weighted by atomic mass is 10.1. The number of hydrogen-bond donors (Lipinski definition) is 2. The number of halogens is 3. The highest BCUT2D eigenvalue weighted by atomic mass is 19.4. The lowest BCUT2D eigenvalue weighted by molar-refractivity contribution is -0.136. The summed E-state index contributed by atoms with van der Waals surface area (Å²) in [5, 5.41) is 5.58. The Bertz CT molecular complexity index is 999. The fourth-order valence-electron chi connectivity index (χ4n) is 2.45. The Hall–Kier alpha value is -3.03. The lowest BCUT2D eigenvalue weighted by Gasteiger charge is -2.12. The van der Waals surface area contributed by atoms with Crippen molar-refractivity contribution in [3.8, 4) is 0 Å². The summed E-state index contributed by atoms with van der Waals surface area (Å²) in [6.45, 7) is 0. The number of aromatic amines is 1. The molecule has 2 N–H and O–H groups in total. The number of alkyl halides is 3. The molecule has 4 aromatic rings. The predicted molar refractivity (Wildman–Crippen MR) is 79.6 cm³/mol. The first kappa shape index (κ1) is 13.6. The summed E-state index contributed by atoms with van der Waals surface area (Å²) in [5.41, 5.74) is 0.737. The fraction of sp³-hybridized carbons (Fsp3) is 0.0667. The SMILES string of the molecule is FC(F)(F)c1ccccc1Nc1nc2nc3ccccc3n2[nH]1. The Morgan fingerprint density at radius 3 is 2.52 bits per heavy atom. The first-order valence-corrected chi connectivity index (χ1v) is 6.79. The second-order valence-electron chi connectivity index (χ2n) is 4.98. The van der Waals surface area contributed by atoms with Gasteiger partial charge in [0, 0.05) is 0 Å². The van der Waals surface area contributed by atoms with E-state index in [-0.39, 0.29) is 11.6 Å². The molecule has 0 spiro atoms. The number of fused-ring (bicyclic) bond motifs is 3. The number of benzene rings is 2. The van der Waals surface area contributed by atoms with Crippen molar-refractivity contribution in [3.05, 3.63) is 54.1 Å². The number of nitrogens with zero attached hydrogens (tertiary/aromatic N) is 3. The third kappa shape index (κ3) is 2.28. The zero-order chi connectivity index (χ0) is 16.0. The molecule has 0 aliphatic heterocycles. The first-order valence-electron chi connectivity index (χ1n) is 6.79. The Balaban J connectivity index is 1.77. The van der Waals surface area contributed by atoms with Gasteiger partial charge in [-0.15, -0.1) is 0 Å². The summed E-state index contributed by atoms with van der Waals surface area (Å²) in [6.07, 6.45) is -4.44. The average molecular weight is 317 g/mol. The van der Waals surface area contributed by atoms with Gasteiger partial charge in [0.25, 0.3) is 5.78 Å². The molecule has 0 fully saturated rings. The largest absolute Gasteiger partial charge is 0.418 e. The van der Waals surface area contributed by atoms with Crippen molar-refractivity contribution in [2.75, 3.05) is 5.32 Å². The van der Waals surface area contributed by atoms with E-state index in [0.29, 0.717) is 5.78 Å². The van der Waals surface area contributed by atoms with Crippen molar-refractivity contribution in [2.45, 2.75) is 6.18 Å². The van der Waals surface area contributed by atoms with E-state index in [4.69, 9.17) is 0 Å². The maximum Gasteiger partial charge on any atom is 0.418 e. The predicted octanol–water partition coefficient (Wildman–Crippen LogP) is 3.97. The van der Waals surface area contributed by atoms with Gasteiger partial charge >= 0.3 is 6.18 Å². The Morgan fingerprint density at radius 1 is 0.957 bits per heavy atom. The van der Waals surface area contributed by atoms with Crippen LogP contribution in [0.5, 0.6) is 0 Å². The van der Waals surface area contributed by atoms with Crippen molar-refractivity contribution >= 4 is 28.4 Å². The Kier molecular flexibility index (Phi) is 2.80. The summed E-state index contributed by atoms with van der Waals surface area (Å²) >= 11 is 0. The van der Waals surface area contributed by atoms with Crippen molar-refractivity contribution in [3.63, 3.8) is 0 Å². The number of rotatable bonds is 2. The number of para-hydroxylation sites is 3. The van der Waals surface area contributed by atoms with E-state index in [2.05, 4.69) is 20.4 Å². The van der Waals surface area contributed by atoms with Crippen molar-refractivity contribution < 1.29 is 13.2 Å². The monoisotopic (exact) mass is 317 g/mol. The van der Waals surface area contributed by atoms with E-state index in [1.165, 1.54) is 18.2 Å². The third-order valence-corrected chi connectivity index (χ3v) is 3.46. The molecule has 2 heterocycles. The van der Waals surface area contributed by atoms with Crippen LogP contribution in [-0.4, -0.2) is 19.6 Å². The van der Waals surface area contributed by atoms with Crippen molar-refractivity contribution in [2.24, 2.45) is 0 Å². The second kappa shape index (κ2) is 4.73. The number of nitrogens with one attached hydrogen (secondary N) is 2. The molecule has 0 bridgehead atoms. The van der Waals surface area contributed by atoms with Crippen LogP contribution in [0.4, 0.5) is 24.8 Å². The second-order valence-corrected chi connectivity index (χ2v) is 4.98. The van der Waals surface area contributed by atoms with Gasteiger partial charge in [0.2, 0.25) is 5.95 Å². The first-order chi connectivity index (χ1) is 11.0. The maximum atomic E-state index is 13.0. The summed E-state index contributed by atoms with van der Waals surface area (Å²) in [7, 11) is 0. The van der Waals surface area contributed by atoms with Crippen LogP contribution in [0.15, 0.2) is 48.5 Å². The smallest absolute Gasteiger partial charge is 0.324 e. The molecule has 116 valence electrons. The number of anilines is 2. The molecular formula is C15H10F3N5. The summed E-state index contributed by atoms with van der Waals surface area (Å²) < 4.78 is 40.7. The molecule has 23 heavy (non-hydrogen) atoms.